The largest absolute Gasteiger partial charge is 0.504 e. The fourth-order valence-corrected chi connectivity index (χ4v) is 5.34. The van der Waals surface area contributed by atoms with Gasteiger partial charge in [-0.2, -0.15) is 0 Å². The van der Waals surface area contributed by atoms with E-state index >= 15 is 0 Å². The fraction of sp³-hybridized carbons (Fsp3) is 0.680. The van der Waals surface area contributed by atoms with Crippen LogP contribution < -0.4 is 10.1 Å². The number of nitrogens with zero attached hydrogens (tertiary/aromatic N) is 2. The Morgan fingerprint density at radius 2 is 1.85 bits per heavy atom. The molecule has 2 N–H and O–H groups in total. The molecule has 3 fully saturated rings. The van der Waals surface area contributed by atoms with Crippen molar-refractivity contribution in [3.05, 3.63) is 23.8 Å². The highest BCUT2D eigenvalue weighted by molar-refractivity contribution is 5.83. The molecule has 0 unspecified atom stereocenters. The topological polar surface area (TPSA) is 91.3 Å². The second-order valence-corrected chi connectivity index (χ2v) is 9.60. The Kier molecular flexibility index (Phi) is 7.32. The number of ether oxygens (including phenoxy) is 2. The van der Waals surface area contributed by atoms with Crippen LogP contribution in [0.3, 0.4) is 0 Å². The zero-order chi connectivity index (χ0) is 23.4. The van der Waals surface area contributed by atoms with Gasteiger partial charge in [0.15, 0.2) is 11.5 Å². The van der Waals surface area contributed by atoms with E-state index in [1.165, 1.54) is 0 Å². The Labute approximate surface area is 196 Å². The zero-order valence-electron chi connectivity index (χ0n) is 19.8. The molecule has 1 atom stereocenters. The predicted octanol–water partition coefficient (Wildman–Crippen LogP) is 3.13. The number of amides is 2. The molecule has 1 saturated carbocycles. The molecule has 2 heterocycles. The summed E-state index contributed by atoms with van der Waals surface area (Å²) in [6.45, 7) is 8.69. The molecule has 1 aromatic rings. The van der Waals surface area contributed by atoms with Crippen molar-refractivity contribution >= 4 is 12.0 Å². The summed E-state index contributed by atoms with van der Waals surface area (Å²) in [7, 11) is 0. The van der Waals surface area contributed by atoms with Crippen molar-refractivity contribution in [3.63, 3.8) is 0 Å². The third-order valence-corrected chi connectivity index (χ3v) is 7.46. The van der Waals surface area contributed by atoms with Gasteiger partial charge in [-0.1, -0.05) is 6.07 Å². The van der Waals surface area contributed by atoms with Crippen LogP contribution in [0.2, 0.25) is 0 Å². The molecular weight excluding hydrogens is 422 g/mol. The van der Waals surface area contributed by atoms with Crippen LogP contribution in [0.4, 0.5) is 4.79 Å². The molecule has 4 rings (SSSR count). The molecule has 8 nitrogen and oxygen atoms in total. The summed E-state index contributed by atoms with van der Waals surface area (Å²) >= 11 is 0. The number of phenolic OH excluding ortho intramolecular Hbond substituents is 1. The molecule has 2 saturated heterocycles. The number of hydrogen-bond donors (Lipinski definition) is 2. The normalized spacial score (nSPS) is 22.7. The van der Waals surface area contributed by atoms with E-state index in [-0.39, 0.29) is 35.1 Å². The fourth-order valence-electron chi connectivity index (χ4n) is 5.34. The first-order valence-electron chi connectivity index (χ1n) is 12.3. The maximum atomic E-state index is 12.9. The number of nitrogens with one attached hydrogen (secondary N) is 1. The van der Waals surface area contributed by atoms with Gasteiger partial charge in [-0.15, -0.1) is 0 Å². The number of benzene rings is 1. The van der Waals surface area contributed by atoms with Crippen LogP contribution in [-0.2, 0) is 16.1 Å². The number of phenols is 1. The summed E-state index contributed by atoms with van der Waals surface area (Å²) in [4.78, 5) is 28.9. The quantitative estimate of drug-likeness (QED) is 0.651. The van der Waals surface area contributed by atoms with Gasteiger partial charge in [-0.05, 0) is 82.2 Å². The molecule has 1 aromatic carbocycles. The van der Waals surface area contributed by atoms with E-state index in [2.05, 4.69) is 10.2 Å². The van der Waals surface area contributed by atoms with Crippen LogP contribution in [0.1, 0.15) is 51.5 Å². The lowest BCUT2D eigenvalue weighted by atomic mass is 9.90. The summed E-state index contributed by atoms with van der Waals surface area (Å²) < 4.78 is 10.6. The standard InChI is InChI=1S/C25H37N3O5/c1-3-32-22-15-18(5-6-21(22)29)17-27-13-9-25(10-14-27)16-20(25)23(30)26-19-7-11-28(12-8-19)24(31)33-4-2/h5-6,15,19-20,29H,3-4,7-14,16-17H2,1-2H3,(H,26,30)/t20-/m1/s1. The monoisotopic (exact) mass is 459 g/mol. The molecule has 0 radical (unpaired) electrons. The predicted molar refractivity (Wildman–Crippen MR) is 124 cm³/mol. The van der Waals surface area contributed by atoms with Crippen LogP contribution >= 0.6 is 0 Å². The van der Waals surface area contributed by atoms with E-state index in [0.717, 1.165) is 57.3 Å². The van der Waals surface area contributed by atoms with E-state index in [1.807, 2.05) is 26.0 Å². The molecule has 1 spiro atoms. The van der Waals surface area contributed by atoms with Gasteiger partial charge >= 0.3 is 6.09 Å². The van der Waals surface area contributed by atoms with E-state index in [1.54, 1.807) is 11.0 Å². The molecule has 3 aliphatic rings. The summed E-state index contributed by atoms with van der Waals surface area (Å²) in [5, 5.41) is 13.2. The Balaban J connectivity index is 1.20. The number of likely N-dealkylation sites (tertiary alicyclic amines) is 2. The molecule has 2 amide bonds. The van der Waals surface area contributed by atoms with Gasteiger partial charge in [0, 0.05) is 31.6 Å². The van der Waals surface area contributed by atoms with Gasteiger partial charge in [0.1, 0.15) is 0 Å². The molecule has 182 valence electrons. The first-order chi connectivity index (χ1) is 15.9. The van der Waals surface area contributed by atoms with Crippen molar-refractivity contribution in [3.8, 4) is 11.5 Å². The lowest BCUT2D eigenvalue weighted by Gasteiger charge is -2.34. The second-order valence-electron chi connectivity index (χ2n) is 9.60. The third-order valence-electron chi connectivity index (χ3n) is 7.46. The minimum Gasteiger partial charge on any atom is -0.504 e. The maximum Gasteiger partial charge on any atom is 0.409 e. The van der Waals surface area contributed by atoms with Crippen molar-refractivity contribution in [1.29, 1.82) is 0 Å². The first-order valence-corrected chi connectivity index (χ1v) is 12.3. The highest BCUT2D eigenvalue weighted by atomic mass is 16.6. The minimum absolute atomic E-state index is 0.126. The SMILES string of the molecule is CCOC(=O)N1CCC(NC(=O)[C@H]2CC23CCN(Cc2ccc(O)c(OCC)c2)CC3)CC1. The van der Waals surface area contributed by atoms with Gasteiger partial charge in [0.25, 0.3) is 0 Å². The minimum atomic E-state index is -0.253. The van der Waals surface area contributed by atoms with Crippen LogP contribution in [-0.4, -0.2) is 72.3 Å². The highest BCUT2D eigenvalue weighted by Crippen LogP contribution is 2.59. The molecule has 0 aromatic heterocycles. The number of rotatable bonds is 7. The zero-order valence-corrected chi connectivity index (χ0v) is 19.8. The average Bonchev–Trinajstić information content (AvgIpc) is 3.52. The Morgan fingerprint density at radius 3 is 2.52 bits per heavy atom. The highest BCUT2D eigenvalue weighted by Gasteiger charge is 2.58. The summed E-state index contributed by atoms with van der Waals surface area (Å²) in [6.07, 6.45) is 4.40. The number of piperidine rings is 2. The molecule has 8 heteroatoms. The maximum absolute atomic E-state index is 12.9. The van der Waals surface area contributed by atoms with E-state index in [0.29, 0.717) is 32.1 Å². The van der Waals surface area contributed by atoms with Gasteiger partial charge in [-0.25, -0.2) is 4.79 Å². The third kappa shape index (κ3) is 5.54. The summed E-state index contributed by atoms with van der Waals surface area (Å²) in [5.41, 5.74) is 1.30. The van der Waals surface area contributed by atoms with Crippen LogP contribution in [0.15, 0.2) is 18.2 Å². The molecule has 33 heavy (non-hydrogen) atoms. The number of aromatic hydroxyl groups is 1. The second kappa shape index (κ2) is 10.2. The van der Waals surface area contributed by atoms with Crippen LogP contribution in [0.5, 0.6) is 11.5 Å². The van der Waals surface area contributed by atoms with E-state index in [9.17, 15) is 14.7 Å². The van der Waals surface area contributed by atoms with Gasteiger partial charge < -0.3 is 24.8 Å². The van der Waals surface area contributed by atoms with Crippen molar-refractivity contribution < 1.29 is 24.2 Å². The van der Waals surface area contributed by atoms with E-state index < -0.39 is 0 Å². The van der Waals surface area contributed by atoms with Crippen molar-refractivity contribution in [2.75, 3.05) is 39.4 Å². The number of hydrogen-bond acceptors (Lipinski definition) is 6. The molecule has 0 bridgehead atoms. The Bertz CT molecular complexity index is 844. The Morgan fingerprint density at radius 1 is 1.12 bits per heavy atom. The summed E-state index contributed by atoms with van der Waals surface area (Å²) in [6, 6.07) is 5.71. The lowest BCUT2D eigenvalue weighted by Crippen LogP contribution is -2.47. The molecule has 2 aliphatic heterocycles. The van der Waals surface area contributed by atoms with E-state index in [4.69, 9.17) is 9.47 Å². The number of carbonyl (C=O) groups is 2. The summed E-state index contributed by atoms with van der Waals surface area (Å²) in [5.74, 6) is 1.03. The van der Waals surface area contributed by atoms with Crippen molar-refractivity contribution in [2.24, 2.45) is 11.3 Å². The Hall–Kier alpha value is -2.48. The average molecular weight is 460 g/mol. The van der Waals surface area contributed by atoms with Gasteiger partial charge in [-0.3, -0.25) is 9.69 Å². The lowest BCUT2D eigenvalue weighted by molar-refractivity contribution is -0.124. The smallest absolute Gasteiger partial charge is 0.409 e. The molecular formula is C25H37N3O5. The van der Waals surface area contributed by atoms with Crippen LogP contribution in [0, 0.1) is 11.3 Å². The van der Waals surface area contributed by atoms with Crippen molar-refractivity contribution in [2.45, 2.75) is 58.5 Å². The first kappa shape index (κ1) is 23.7. The molecule has 1 aliphatic carbocycles. The van der Waals surface area contributed by atoms with Gasteiger partial charge in [0.05, 0.1) is 13.2 Å². The van der Waals surface area contributed by atoms with Crippen molar-refractivity contribution in [1.82, 2.24) is 15.1 Å². The number of carbonyl (C=O) groups excluding carboxylic acids is 2. The van der Waals surface area contributed by atoms with Crippen LogP contribution in [0.25, 0.3) is 0 Å². The van der Waals surface area contributed by atoms with Gasteiger partial charge in [0.2, 0.25) is 5.91 Å².